The predicted octanol–water partition coefficient (Wildman–Crippen LogP) is 2.33. The van der Waals surface area contributed by atoms with Crippen LogP contribution in [0.3, 0.4) is 0 Å². The van der Waals surface area contributed by atoms with E-state index in [4.69, 9.17) is 4.55 Å². The highest BCUT2D eigenvalue weighted by Gasteiger charge is 2.18. The summed E-state index contributed by atoms with van der Waals surface area (Å²) in [6, 6.07) is 10.4. The van der Waals surface area contributed by atoms with Crippen molar-refractivity contribution in [2.45, 2.75) is 4.90 Å². The molecule has 21 heavy (non-hydrogen) atoms. The lowest BCUT2D eigenvalue weighted by Gasteiger charge is -2.08. The van der Waals surface area contributed by atoms with E-state index in [9.17, 15) is 18.3 Å². The lowest BCUT2D eigenvalue weighted by atomic mass is 10.0. The van der Waals surface area contributed by atoms with Crippen molar-refractivity contribution in [3.05, 3.63) is 48.0 Å². The van der Waals surface area contributed by atoms with E-state index in [1.807, 2.05) is 0 Å². The number of benzene rings is 2. The van der Waals surface area contributed by atoms with Gasteiger partial charge in [0, 0.05) is 10.8 Å². The molecule has 1 heterocycles. The maximum atomic E-state index is 11.6. The number of aromatic nitrogens is 1. The molecule has 0 fully saturated rings. The van der Waals surface area contributed by atoms with E-state index in [1.165, 1.54) is 12.1 Å². The average molecular weight is 303 g/mol. The van der Waals surface area contributed by atoms with Gasteiger partial charge in [-0.1, -0.05) is 18.2 Å². The normalized spacial score (nSPS) is 11.9. The molecule has 2 N–H and O–H groups in total. The Morgan fingerprint density at radius 1 is 1.00 bits per heavy atom. The van der Waals surface area contributed by atoms with Crippen LogP contribution in [-0.4, -0.2) is 29.0 Å². The second-order valence-electron chi connectivity index (χ2n) is 4.46. The van der Waals surface area contributed by atoms with Gasteiger partial charge in [-0.25, -0.2) is 9.78 Å². The van der Waals surface area contributed by atoms with Gasteiger partial charge < -0.3 is 5.11 Å². The lowest BCUT2D eigenvalue weighted by molar-refractivity contribution is 0.0701. The highest BCUT2D eigenvalue weighted by atomic mass is 32.2. The Kier molecular flexibility index (Phi) is 2.89. The first kappa shape index (κ1) is 13.5. The molecule has 0 aliphatic heterocycles. The third kappa shape index (κ3) is 2.22. The van der Waals surface area contributed by atoms with E-state index in [2.05, 4.69) is 4.98 Å². The fourth-order valence-corrected chi connectivity index (χ4v) is 2.77. The van der Waals surface area contributed by atoms with Gasteiger partial charge in [-0.05, 0) is 24.3 Å². The summed E-state index contributed by atoms with van der Waals surface area (Å²) in [5, 5.41) is 10.0. The summed E-state index contributed by atoms with van der Waals surface area (Å²) < 4.78 is 31.5. The monoisotopic (exact) mass is 303 g/mol. The van der Waals surface area contributed by atoms with Crippen molar-refractivity contribution in [1.29, 1.82) is 0 Å². The molecule has 106 valence electrons. The summed E-state index contributed by atoms with van der Waals surface area (Å²) in [4.78, 5) is 15.5. The first-order valence-electron chi connectivity index (χ1n) is 5.91. The maximum Gasteiger partial charge on any atom is 0.337 e. The number of carbonyl (C=O) groups is 1. The van der Waals surface area contributed by atoms with Crippen LogP contribution in [0.5, 0.6) is 0 Å². The van der Waals surface area contributed by atoms with Crippen LogP contribution in [0.4, 0.5) is 0 Å². The highest BCUT2D eigenvalue weighted by molar-refractivity contribution is 7.85. The molecule has 0 unspecified atom stereocenters. The van der Waals surface area contributed by atoms with Crippen molar-refractivity contribution < 1.29 is 22.9 Å². The molecule has 1 aromatic heterocycles. The van der Waals surface area contributed by atoms with E-state index < -0.39 is 16.1 Å². The second kappa shape index (κ2) is 4.51. The smallest absolute Gasteiger partial charge is 0.337 e. The molecule has 0 aliphatic carbocycles. The van der Waals surface area contributed by atoms with Crippen molar-refractivity contribution in [1.82, 2.24) is 4.98 Å². The fourth-order valence-electron chi connectivity index (χ4n) is 2.26. The number of rotatable bonds is 2. The van der Waals surface area contributed by atoms with Crippen LogP contribution in [0.25, 0.3) is 21.8 Å². The van der Waals surface area contributed by atoms with Gasteiger partial charge in [0.1, 0.15) is 0 Å². The first-order valence-corrected chi connectivity index (χ1v) is 7.35. The van der Waals surface area contributed by atoms with Crippen molar-refractivity contribution in [2.75, 3.05) is 0 Å². The highest BCUT2D eigenvalue weighted by Crippen LogP contribution is 2.27. The van der Waals surface area contributed by atoms with Gasteiger partial charge in [-0.2, -0.15) is 8.42 Å². The number of carboxylic acids is 1. The number of aromatic carboxylic acids is 1. The minimum atomic E-state index is -4.41. The lowest BCUT2D eigenvalue weighted by Crippen LogP contribution is -2.03. The molecule has 0 saturated carbocycles. The third-order valence-corrected chi connectivity index (χ3v) is 4.01. The number of carboxylic acid groups (broad SMARTS) is 1. The van der Waals surface area contributed by atoms with E-state index in [1.54, 1.807) is 24.3 Å². The molecule has 0 amide bonds. The van der Waals surface area contributed by atoms with Gasteiger partial charge in [-0.15, -0.1) is 0 Å². The van der Waals surface area contributed by atoms with Crippen molar-refractivity contribution in [3.8, 4) is 0 Å². The van der Waals surface area contributed by atoms with Crippen LogP contribution >= 0.6 is 0 Å². The zero-order valence-corrected chi connectivity index (χ0v) is 11.3. The Bertz CT molecular complexity index is 995. The summed E-state index contributed by atoms with van der Waals surface area (Å²) in [5.41, 5.74) is 0.807. The van der Waals surface area contributed by atoms with Crippen molar-refractivity contribution >= 4 is 37.9 Å². The van der Waals surface area contributed by atoms with Crippen LogP contribution in [0, 0.1) is 0 Å². The van der Waals surface area contributed by atoms with E-state index in [-0.39, 0.29) is 15.8 Å². The SMILES string of the molecule is O=C(O)c1c2ccccc2nc2ccc(S(=O)(=O)O)cc12. The quantitative estimate of drug-likeness (QED) is 0.556. The van der Waals surface area contributed by atoms with Crippen LogP contribution in [0.1, 0.15) is 10.4 Å². The molecule has 0 saturated heterocycles. The van der Waals surface area contributed by atoms with Gasteiger partial charge in [0.15, 0.2) is 0 Å². The Balaban J connectivity index is 2.53. The second-order valence-corrected chi connectivity index (χ2v) is 5.88. The summed E-state index contributed by atoms with van der Waals surface area (Å²) >= 11 is 0. The van der Waals surface area contributed by atoms with Crippen molar-refractivity contribution in [3.63, 3.8) is 0 Å². The van der Waals surface area contributed by atoms with Crippen LogP contribution in [0.15, 0.2) is 47.4 Å². The van der Waals surface area contributed by atoms with E-state index >= 15 is 0 Å². The van der Waals surface area contributed by atoms with E-state index in [0.29, 0.717) is 16.4 Å². The van der Waals surface area contributed by atoms with Gasteiger partial charge in [0.05, 0.1) is 21.5 Å². The summed E-state index contributed by atoms with van der Waals surface area (Å²) in [7, 11) is -4.41. The molecule has 0 spiro atoms. The number of nitrogens with zero attached hydrogens (tertiary/aromatic N) is 1. The summed E-state index contributed by atoms with van der Waals surface area (Å²) in [5.74, 6) is -1.19. The molecular formula is C14H9NO5S. The zero-order valence-electron chi connectivity index (χ0n) is 10.5. The third-order valence-electron chi connectivity index (χ3n) is 3.16. The molecule has 3 aromatic rings. The number of fused-ring (bicyclic) bond motifs is 2. The largest absolute Gasteiger partial charge is 0.478 e. The van der Waals surface area contributed by atoms with Crippen LogP contribution < -0.4 is 0 Å². The molecule has 0 aliphatic rings. The fraction of sp³-hybridized carbons (Fsp3) is 0. The maximum absolute atomic E-state index is 11.6. The van der Waals surface area contributed by atoms with Gasteiger partial charge >= 0.3 is 5.97 Å². The molecule has 0 atom stereocenters. The molecule has 2 aromatic carbocycles. The van der Waals surface area contributed by atoms with Crippen LogP contribution in [0.2, 0.25) is 0 Å². The molecule has 6 nitrogen and oxygen atoms in total. The zero-order chi connectivity index (χ0) is 15.2. The minimum Gasteiger partial charge on any atom is -0.478 e. The Morgan fingerprint density at radius 2 is 1.67 bits per heavy atom. The molecular weight excluding hydrogens is 294 g/mol. The molecule has 0 radical (unpaired) electrons. The van der Waals surface area contributed by atoms with Gasteiger partial charge in [-0.3, -0.25) is 4.55 Å². The van der Waals surface area contributed by atoms with Crippen molar-refractivity contribution in [2.24, 2.45) is 0 Å². The standard InChI is InChI=1S/C14H9NO5S/c16-14(17)13-9-3-1-2-4-11(9)15-12-6-5-8(7-10(12)13)21(18,19)20/h1-7H,(H,16,17)(H,18,19,20). The number of hydrogen-bond donors (Lipinski definition) is 2. The Morgan fingerprint density at radius 3 is 2.33 bits per heavy atom. The molecule has 7 heteroatoms. The summed E-state index contributed by atoms with van der Waals surface area (Å²) in [6.45, 7) is 0. The number of hydrogen-bond acceptors (Lipinski definition) is 4. The first-order chi connectivity index (χ1) is 9.88. The summed E-state index contributed by atoms with van der Waals surface area (Å²) in [6.07, 6.45) is 0. The number of pyridine rings is 1. The number of para-hydroxylation sites is 1. The predicted molar refractivity (Wildman–Crippen MR) is 76.0 cm³/mol. The van der Waals surface area contributed by atoms with E-state index in [0.717, 1.165) is 6.07 Å². The molecule has 0 bridgehead atoms. The minimum absolute atomic E-state index is 0.0406. The van der Waals surface area contributed by atoms with Gasteiger partial charge in [0.2, 0.25) is 0 Å². The van der Waals surface area contributed by atoms with Crippen LogP contribution in [-0.2, 0) is 10.1 Å². The average Bonchev–Trinajstić information content (AvgIpc) is 2.42. The topological polar surface area (TPSA) is 105 Å². The molecule has 3 rings (SSSR count). The Labute approximate surface area is 119 Å². The van der Waals surface area contributed by atoms with Gasteiger partial charge in [0.25, 0.3) is 10.1 Å². The Hall–Kier alpha value is -2.51.